The van der Waals surface area contributed by atoms with Crippen molar-refractivity contribution in [3.8, 4) is 0 Å². The smallest absolute Gasteiger partial charge is 0.267 e. The molecule has 2 rings (SSSR count). The number of anilines is 2. The second-order valence-corrected chi connectivity index (χ2v) is 5.56. The highest BCUT2D eigenvalue weighted by Gasteiger charge is 2.23. The van der Waals surface area contributed by atoms with E-state index in [-0.39, 0.29) is 5.82 Å². The molecule has 20 heavy (non-hydrogen) atoms. The Balaban J connectivity index is 2.46. The molecule has 0 bridgehead atoms. The fraction of sp³-hybridized carbons (Fsp3) is 0.100. The van der Waals surface area contributed by atoms with Crippen LogP contribution in [0.2, 0.25) is 0 Å². The van der Waals surface area contributed by atoms with Crippen molar-refractivity contribution in [1.82, 2.24) is 9.78 Å². The van der Waals surface area contributed by atoms with E-state index in [1.807, 2.05) is 0 Å². The number of sulfonamides is 1. The Morgan fingerprint density at radius 3 is 2.50 bits per heavy atom. The van der Waals surface area contributed by atoms with E-state index in [1.165, 1.54) is 7.05 Å². The molecule has 0 fully saturated rings. The SMILES string of the molecule is Cn1cc(S(=O)(=O)Nc2cc(F)cc(F)c2F)c(N)n1. The van der Waals surface area contributed by atoms with Crippen molar-refractivity contribution in [3.63, 3.8) is 0 Å². The summed E-state index contributed by atoms with van der Waals surface area (Å²) < 4.78 is 66.2. The summed E-state index contributed by atoms with van der Waals surface area (Å²) >= 11 is 0. The molecule has 0 saturated heterocycles. The fourth-order valence-corrected chi connectivity index (χ4v) is 2.68. The minimum absolute atomic E-state index is 0.297. The normalized spacial score (nSPS) is 11.6. The van der Waals surface area contributed by atoms with E-state index in [0.717, 1.165) is 10.9 Å². The third-order valence-electron chi connectivity index (χ3n) is 2.35. The van der Waals surface area contributed by atoms with E-state index in [0.29, 0.717) is 12.1 Å². The van der Waals surface area contributed by atoms with Crippen LogP contribution < -0.4 is 10.5 Å². The average molecular weight is 306 g/mol. The summed E-state index contributed by atoms with van der Waals surface area (Å²) in [6, 6.07) is 0.814. The van der Waals surface area contributed by atoms with Crippen molar-refractivity contribution in [2.45, 2.75) is 4.90 Å². The Morgan fingerprint density at radius 1 is 1.30 bits per heavy atom. The minimum atomic E-state index is -4.31. The molecule has 2 aromatic rings. The summed E-state index contributed by atoms with van der Waals surface area (Å²) in [6.45, 7) is 0. The van der Waals surface area contributed by atoms with Gasteiger partial charge in [0.25, 0.3) is 10.0 Å². The zero-order chi connectivity index (χ0) is 15.1. The van der Waals surface area contributed by atoms with Gasteiger partial charge in [-0.3, -0.25) is 9.40 Å². The Morgan fingerprint density at radius 2 is 1.95 bits per heavy atom. The van der Waals surface area contributed by atoms with E-state index in [4.69, 9.17) is 5.73 Å². The Kier molecular flexibility index (Phi) is 3.34. The zero-order valence-corrected chi connectivity index (χ0v) is 10.9. The first-order chi connectivity index (χ1) is 9.20. The van der Waals surface area contributed by atoms with Gasteiger partial charge in [0.2, 0.25) is 0 Å². The van der Waals surface area contributed by atoms with Gasteiger partial charge in [-0.25, -0.2) is 21.6 Å². The monoisotopic (exact) mass is 306 g/mol. The summed E-state index contributed by atoms with van der Waals surface area (Å²) in [5.41, 5.74) is 4.53. The topological polar surface area (TPSA) is 90.0 Å². The van der Waals surface area contributed by atoms with Gasteiger partial charge < -0.3 is 5.73 Å². The first-order valence-corrected chi connectivity index (χ1v) is 6.65. The second kappa shape index (κ2) is 4.71. The Bertz CT molecular complexity index is 773. The quantitative estimate of drug-likeness (QED) is 0.834. The molecule has 1 aromatic heterocycles. The molecule has 0 unspecified atom stereocenters. The minimum Gasteiger partial charge on any atom is -0.381 e. The molecule has 1 aromatic carbocycles. The molecular formula is C10H9F3N4O2S. The van der Waals surface area contributed by atoms with Crippen LogP contribution in [0.25, 0.3) is 0 Å². The molecule has 1 heterocycles. The van der Waals surface area contributed by atoms with Gasteiger partial charge in [0.15, 0.2) is 17.5 Å². The van der Waals surface area contributed by atoms with Gasteiger partial charge in [0, 0.05) is 25.4 Å². The molecule has 0 aliphatic carbocycles. The van der Waals surface area contributed by atoms with Crippen molar-refractivity contribution in [3.05, 3.63) is 35.8 Å². The maximum absolute atomic E-state index is 13.4. The van der Waals surface area contributed by atoms with Crippen LogP contribution in [-0.2, 0) is 17.1 Å². The zero-order valence-electron chi connectivity index (χ0n) is 10.1. The van der Waals surface area contributed by atoms with Crippen molar-refractivity contribution >= 4 is 21.5 Å². The van der Waals surface area contributed by atoms with Gasteiger partial charge in [-0.1, -0.05) is 0 Å². The van der Waals surface area contributed by atoms with E-state index in [1.54, 1.807) is 4.72 Å². The van der Waals surface area contributed by atoms with Crippen LogP contribution in [0, 0.1) is 17.5 Å². The Hall–Kier alpha value is -2.23. The van der Waals surface area contributed by atoms with Crippen LogP contribution in [0.15, 0.2) is 23.2 Å². The number of hydrogen-bond acceptors (Lipinski definition) is 4. The van der Waals surface area contributed by atoms with Crippen LogP contribution >= 0.6 is 0 Å². The predicted octanol–water partition coefficient (Wildman–Crippen LogP) is 1.22. The fourth-order valence-electron chi connectivity index (χ4n) is 1.52. The molecule has 0 aliphatic rings. The largest absolute Gasteiger partial charge is 0.381 e. The molecule has 0 saturated carbocycles. The number of benzene rings is 1. The first-order valence-electron chi connectivity index (χ1n) is 5.17. The molecule has 3 N–H and O–H groups in total. The van der Waals surface area contributed by atoms with Crippen LogP contribution in [0.4, 0.5) is 24.7 Å². The molecule has 0 atom stereocenters. The number of nitrogens with two attached hydrogens (primary N) is 1. The second-order valence-electron chi connectivity index (χ2n) is 3.91. The number of nitrogens with one attached hydrogen (secondary N) is 1. The summed E-state index contributed by atoms with van der Waals surface area (Å²) in [7, 11) is -2.88. The number of hydrogen-bond donors (Lipinski definition) is 2. The maximum Gasteiger partial charge on any atom is 0.267 e. The summed E-state index contributed by atoms with van der Waals surface area (Å²) in [4.78, 5) is -0.427. The maximum atomic E-state index is 13.4. The third-order valence-corrected chi connectivity index (χ3v) is 3.73. The molecular weight excluding hydrogens is 297 g/mol. The third kappa shape index (κ3) is 2.54. The predicted molar refractivity (Wildman–Crippen MR) is 64.7 cm³/mol. The van der Waals surface area contributed by atoms with Gasteiger partial charge in [0.05, 0.1) is 5.69 Å². The lowest BCUT2D eigenvalue weighted by Gasteiger charge is -2.08. The highest BCUT2D eigenvalue weighted by molar-refractivity contribution is 7.92. The van der Waals surface area contributed by atoms with E-state index < -0.39 is 38.1 Å². The van der Waals surface area contributed by atoms with Gasteiger partial charge in [-0.15, -0.1) is 0 Å². The molecule has 0 aliphatic heterocycles. The van der Waals surface area contributed by atoms with Crippen molar-refractivity contribution in [2.24, 2.45) is 7.05 Å². The summed E-state index contributed by atoms with van der Waals surface area (Å²) in [5, 5.41) is 3.61. The lowest BCUT2D eigenvalue weighted by atomic mass is 10.3. The van der Waals surface area contributed by atoms with Gasteiger partial charge in [0.1, 0.15) is 10.7 Å². The van der Waals surface area contributed by atoms with Gasteiger partial charge >= 0.3 is 0 Å². The first kappa shape index (κ1) is 14.2. The van der Waals surface area contributed by atoms with Crippen molar-refractivity contribution in [1.29, 1.82) is 0 Å². The average Bonchev–Trinajstić information content (AvgIpc) is 2.65. The molecule has 108 valence electrons. The molecule has 0 amide bonds. The summed E-state index contributed by atoms with van der Waals surface area (Å²) in [6.07, 6.45) is 1.07. The highest BCUT2D eigenvalue weighted by atomic mass is 32.2. The Labute approximate surface area is 112 Å². The molecule has 0 spiro atoms. The lowest BCUT2D eigenvalue weighted by molar-refractivity contribution is 0.498. The van der Waals surface area contributed by atoms with Crippen LogP contribution in [0.5, 0.6) is 0 Å². The van der Waals surface area contributed by atoms with Gasteiger partial charge in [-0.05, 0) is 0 Å². The lowest BCUT2D eigenvalue weighted by Crippen LogP contribution is -2.15. The number of aromatic nitrogens is 2. The van der Waals surface area contributed by atoms with Crippen LogP contribution in [-0.4, -0.2) is 18.2 Å². The van der Waals surface area contributed by atoms with Crippen molar-refractivity contribution in [2.75, 3.05) is 10.5 Å². The summed E-state index contributed by atoms with van der Waals surface area (Å²) in [5.74, 6) is -4.47. The van der Waals surface area contributed by atoms with Crippen LogP contribution in [0.3, 0.4) is 0 Å². The van der Waals surface area contributed by atoms with Gasteiger partial charge in [-0.2, -0.15) is 5.10 Å². The highest BCUT2D eigenvalue weighted by Crippen LogP contribution is 2.24. The van der Waals surface area contributed by atoms with Crippen molar-refractivity contribution < 1.29 is 21.6 Å². The molecule has 10 heteroatoms. The van der Waals surface area contributed by atoms with Crippen LogP contribution in [0.1, 0.15) is 0 Å². The number of nitrogens with zero attached hydrogens (tertiary/aromatic N) is 2. The van der Waals surface area contributed by atoms with E-state index in [2.05, 4.69) is 5.10 Å². The number of nitrogen functional groups attached to an aromatic ring is 1. The molecule has 6 nitrogen and oxygen atoms in total. The molecule has 0 radical (unpaired) electrons. The number of halogens is 3. The number of aryl methyl sites for hydroxylation is 1. The van der Waals surface area contributed by atoms with E-state index >= 15 is 0 Å². The standard InChI is InChI=1S/C10H9F3N4O2S/c1-17-4-8(10(14)15-17)20(18,19)16-7-3-5(11)2-6(12)9(7)13/h2-4,16H,1H3,(H2,14,15). The number of rotatable bonds is 3. The van der Waals surface area contributed by atoms with E-state index in [9.17, 15) is 21.6 Å².